The number of hydrogen-bond donors (Lipinski definition) is 1. The SMILES string of the molecule is COC(=O)[C@]1(C)N[C@H](c2ccccc2C)[C@H]2C(=O)N(C)C(=O)[C@H]21. The van der Waals surface area contributed by atoms with E-state index in [1.165, 1.54) is 14.2 Å². The minimum Gasteiger partial charge on any atom is -0.468 e. The lowest BCUT2D eigenvalue weighted by atomic mass is 9.80. The Bertz CT molecular complexity index is 702. The molecule has 122 valence electrons. The van der Waals surface area contributed by atoms with Crippen molar-refractivity contribution in [1.29, 1.82) is 0 Å². The first-order valence-corrected chi connectivity index (χ1v) is 7.56. The van der Waals surface area contributed by atoms with Crippen molar-refractivity contribution < 1.29 is 19.1 Å². The number of aryl methyl sites for hydroxylation is 1. The lowest BCUT2D eigenvalue weighted by Gasteiger charge is -2.28. The number of likely N-dealkylation sites (tertiary alicyclic amines) is 1. The predicted octanol–water partition coefficient (Wildman–Crippen LogP) is 0.802. The number of hydrogen-bond acceptors (Lipinski definition) is 5. The van der Waals surface area contributed by atoms with E-state index in [1.54, 1.807) is 6.92 Å². The molecule has 0 aromatic heterocycles. The Balaban J connectivity index is 2.14. The summed E-state index contributed by atoms with van der Waals surface area (Å²) in [5.74, 6) is -2.47. The Kier molecular flexibility index (Phi) is 3.52. The molecule has 2 heterocycles. The van der Waals surface area contributed by atoms with E-state index in [4.69, 9.17) is 4.74 Å². The maximum absolute atomic E-state index is 12.6. The van der Waals surface area contributed by atoms with Gasteiger partial charge in [-0.05, 0) is 25.0 Å². The summed E-state index contributed by atoms with van der Waals surface area (Å²) in [5.41, 5.74) is 0.711. The Morgan fingerprint density at radius 3 is 2.52 bits per heavy atom. The lowest BCUT2D eigenvalue weighted by Crippen LogP contribution is -2.53. The normalized spacial score (nSPS) is 33.0. The van der Waals surface area contributed by atoms with Gasteiger partial charge in [-0.1, -0.05) is 24.3 Å². The molecule has 6 heteroatoms. The van der Waals surface area contributed by atoms with Gasteiger partial charge in [-0.3, -0.25) is 24.6 Å². The summed E-state index contributed by atoms with van der Waals surface area (Å²) in [6.45, 7) is 3.59. The monoisotopic (exact) mass is 316 g/mol. The molecule has 0 spiro atoms. The van der Waals surface area contributed by atoms with Gasteiger partial charge in [-0.15, -0.1) is 0 Å². The second-order valence-electron chi connectivity index (χ2n) is 6.41. The molecule has 0 unspecified atom stereocenters. The number of amides is 2. The van der Waals surface area contributed by atoms with Crippen LogP contribution in [-0.4, -0.2) is 42.4 Å². The molecule has 2 amide bonds. The average Bonchev–Trinajstić information content (AvgIpc) is 2.97. The number of imide groups is 1. The molecule has 2 fully saturated rings. The minimum absolute atomic E-state index is 0.256. The van der Waals surface area contributed by atoms with Crippen LogP contribution in [0.15, 0.2) is 24.3 Å². The highest BCUT2D eigenvalue weighted by Gasteiger charge is 2.66. The number of rotatable bonds is 2. The third kappa shape index (κ3) is 2.01. The summed E-state index contributed by atoms with van der Waals surface area (Å²) in [6.07, 6.45) is 0. The van der Waals surface area contributed by atoms with Crippen molar-refractivity contribution in [2.45, 2.75) is 25.4 Å². The third-order valence-electron chi connectivity index (χ3n) is 5.14. The number of ether oxygens (including phenoxy) is 1. The van der Waals surface area contributed by atoms with E-state index in [9.17, 15) is 14.4 Å². The van der Waals surface area contributed by atoms with Gasteiger partial charge in [0.1, 0.15) is 5.54 Å². The number of nitrogens with zero attached hydrogens (tertiary/aromatic N) is 1. The fraction of sp³-hybridized carbons (Fsp3) is 0.471. The first kappa shape index (κ1) is 15.7. The minimum atomic E-state index is -1.22. The molecule has 2 saturated heterocycles. The van der Waals surface area contributed by atoms with Crippen LogP contribution >= 0.6 is 0 Å². The quantitative estimate of drug-likeness (QED) is 0.645. The van der Waals surface area contributed by atoms with Gasteiger partial charge >= 0.3 is 5.97 Å². The summed E-state index contributed by atoms with van der Waals surface area (Å²) >= 11 is 0. The van der Waals surface area contributed by atoms with Gasteiger partial charge in [0.2, 0.25) is 11.8 Å². The highest BCUT2D eigenvalue weighted by Crippen LogP contribution is 2.49. The molecule has 23 heavy (non-hydrogen) atoms. The van der Waals surface area contributed by atoms with E-state index in [0.717, 1.165) is 16.0 Å². The number of esters is 1. The zero-order chi connectivity index (χ0) is 16.9. The van der Waals surface area contributed by atoms with Crippen LogP contribution < -0.4 is 5.32 Å². The molecular formula is C17H20N2O4. The van der Waals surface area contributed by atoms with Crippen molar-refractivity contribution >= 4 is 17.8 Å². The largest absolute Gasteiger partial charge is 0.468 e. The fourth-order valence-electron chi connectivity index (χ4n) is 3.89. The molecule has 4 atom stereocenters. The number of nitrogens with one attached hydrogen (secondary N) is 1. The maximum Gasteiger partial charge on any atom is 0.326 e. The zero-order valence-electron chi connectivity index (χ0n) is 13.6. The molecule has 2 aliphatic rings. The van der Waals surface area contributed by atoms with Gasteiger partial charge in [-0.2, -0.15) is 0 Å². The van der Waals surface area contributed by atoms with Crippen molar-refractivity contribution in [3.05, 3.63) is 35.4 Å². The van der Waals surface area contributed by atoms with E-state index in [2.05, 4.69) is 5.32 Å². The number of carbonyl (C=O) groups is 3. The Hall–Kier alpha value is -2.21. The summed E-state index contributed by atoms with van der Waals surface area (Å²) < 4.78 is 4.90. The third-order valence-corrected chi connectivity index (χ3v) is 5.14. The van der Waals surface area contributed by atoms with Crippen LogP contribution in [0.5, 0.6) is 0 Å². The number of fused-ring (bicyclic) bond motifs is 1. The second-order valence-corrected chi connectivity index (χ2v) is 6.41. The van der Waals surface area contributed by atoms with Crippen LogP contribution in [0, 0.1) is 18.8 Å². The second kappa shape index (κ2) is 5.16. The number of benzene rings is 1. The molecule has 6 nitrogen and oxygen atoms in total. The molecule has 3 rings (SSSR count). The smallest absolute Gasteiger partial charge is 0.326 e. The van der Waals surface area contributed by atoms with E-state index >= 15 is 0 Å². The highest BCUT2D eigenvalue weighted by atomic mass is 16.5. The first-order valence-electron chi connectivity index (χ1n) is 7.56. The predicted molar refractivity (Wildman–Crippen MR) is 82.2 cm³/mol. The van der Waals surface area contributed by atoms with Crippen molar-refractivity contribution in [2.75, 3.05) is 14.2 Å². The molecule has 1 aromatic carbocycles. The fourth-order valence-corrected chi connectivity index (χ4v) is 3.89. The van der Waals surface area contributed by atoms with Gasteiger partial charge in [0.25, 0.3) is 0 Å². The van der Waals surface area contributed by atoms with E-state index in [0.29, 0.717) is 0 Å². The van der Waals surface area contributed by atoms with Crippen LogP contribution in [0.1, 0.15) is 24.1 Å². The summed E-state index contributed by atoms with van der Waals surface area (Å²) in [4.78, 5) is 38.6. The van der Waals surface area contributed by atoms with Crippen LogP contribution in [0.4, 0.5) is 0 Å². The highest BCUT2D eigenvalue weighted by molar-refractivity contribution is 6.09. The van der Waals surface area contributed by atoms with Crippen molar-refractivity contribution in [2.24, 2.45) is 11.8 Å². The van der Waals surface area contributed by atoms with Gasteiger partial charge in [0.05, 0.1) is 18.9 Å². The Morgan fingerprint density at radius 1 is 1.26 bits per heavy atom. The molecule has 2 aliphatic heterocycles. The van der Waals surface area contributed by atoms with Crippen LogP contribution in [0.3, 0.4) is 0 Å². The molecule has 1 N–H and O–H groups in total. The standard InChI is InChI=1S/C17H20N2O4/c1-9-7-5-6-8-10(9)13-11-12(15(21)19(3)14(11)20)17(2,18-13)16(22)23-4/h5-8,11-13,18H,1-4H3/t11-,12-,13+,17+/m0/s1. The maximum atomic E-state index is 12.6. The van der Waals surface area contributed by atoms with Crippen LogP contribution in [-0.2, 0) is 19.1 Å². The molecular weight excluding hydrogens is 296 g/mol. The summed E-state index contributed by atoms with van der Waals surface area (Å²) in [7, 11) is 2.76. The van der Waals surface area contributed by atoms with Gasteiger partial charge in [0, 0.05) is 13.1 Å². The molecule has 0 radical (unpaired) electrons. The summed E-state index contributed by atoms with van der Waals surface area (Å²) in [5, 5.41) is 3.22. The first-order chi connectivity index (χ1) is 10.8. The Morgan fingerprint density at radius 2 is 1.91 bits per heavy atom. The molecule has 0 aliphatic carbocycles. The lowest BCUT2D eigenvalue weighted by molar-refractivity contribution is -0.152. The van der Waals surface area contributed by atoms with Gasteiger partial charge in [0.15, 0.2) is 0 Å². The van der Waals surface area contributed by atoms with Crippen molar-refractivity contribution in [3.8, 4) is 0 Å². The van der Waals surface area contributed by atoms with Crippen molar-refractivity contribution in [3.63, 3.8) is 0 Å². The van der Waals surface area contributed by atoms with Crippen LogP contribution in [0.25, 0.3) is 0 Å². The number of methoxy groups -OCH3 is 1. The van der Waals surface area contributed by atoms with Gasteiger partial charge < -0.3 is 4.74 Å². The van der Waals surface area contributed by atoms with Gasteiger partial charge in [-0.25, -0.2) is 0 Å². The van der Waals surface area contributed by atoms with Crippen molar-refractivity contribution in [1.82, 2.24) is 10.2 Å². The molecule has 1 aromatic rings. The molecule has 0 saturated carbocycles. The van der Waals surface area contributed by atoms with Crippen LogP contribution in [0.2, 0.25) is 0 Å². The van der Waals surface area contributed by atoms with E-state index < -0.39 is 29.4 Å². The zero-order valence-corrected chi connectivity index (χ0v) is 13.6. The Labute approximate surface area is 134 Å². The molecule has 0 bridgehead atoms. The van der Waals surface area contributed by atoms with E-state index in [-0.39, 0.29) is 11.8 Å². The topological polar surface area (TPSA) is 75.7 Å². The summed E-state index contributed by atoms with van der Waals surface area (Å²) in [6, 6.07) is 7.27. The van der Waals surface area contributed by atoms with E-state index in [1.807, 2.05) is 31.2 Å². The number of carbonyl (C=O) groups excluding carboxylic acids is 3. The average molecular weight is 316 g/mol.